The number of aryl methyl sites for hydroxylation is 1. The van der Waals surface area contributed by atoms with Crippen LogP contribution in [-0.4, -0.2) is 18.6 Å². The van der Waals surface area contributed by atoms with Crippen molar-refractivity contribution < 1.29 is 0 Å². The Morgan fingerprint density at radius 2 is 2.06 bits per heavy atom. The van der Waals surface area contributed by atoms with Crippen LogP contribution < -0.4 is 5.32 Å². The van der Waals surface area contributed by atoms with E-state index in [2.05, 4.69) is 50.5 Å². The quantitative estimate of drug-likeness (QED) is 0.814. The van der Waals surface area contributed by atoms with Crippen LogP contribution >= 0.6 is 11.8 Å². The molecule has 0 heterocycles. The predicted molar refractivity (Wildman–Crippen MR) is 75.2 cm³/mol. The summed E-state index contributed by atoms with van der Waals surface area (Å²) in [6, 6.07) is 6.54. The summed E-state index contributed by atoms with van der Waals surface area (Å²) in [5.41, 5.74) is 4.24. The molecule has 0 fully saturated rings. The van der Waals surface area contributed by atoms with Crippen LogP contribution in [0.2, 0.25) is 0 Å². The number of rotatable bonds is 6. The first kappa shape index (κ1) is 13.6. The molecular weight excluding hydrogens is 214 g/mol. The van der Waals surface area contributed by atoms with Crippen LogP contribution in [-0.2, 0) is 6.54 Å². The van der Waals surface area contributed by atoms with E-state index in [0.717, 1.165) is 19.0 Å². The first-order chi connectivity index (χ1) is 7.65. The average Bonchev–Trinajstić information content (AvgIpc) is 2.25. The maximum Gasteiger partial charge on any atom is 0.0208 e. The fourth-order valence-corrected chi connectivity index (χ4v) is 2.49. The lowest BCUT2D eigenvalue weighted by molar-refractivity contribution is 0.558. The maximum atomic E-state index is 3.54. The third-order valence-electron chi connectivity index (χ3n) is 2.98. The van der Waals surface area contributed by atoms with E-state index in [1.165, 1.54) is 22.4 Å². The van der Waals surface area contributed by atoms with Crippen molar-refractivity contribution in [2.75, 3.05) is 18.6 Å². The van der Waals surface area contributed by atoms with Crippen molar-refractivity contribution in [1.29, 1.82) is 0 Å². The Morgan fingerprint density at radius 1 is 1.31 bits per heavy atom. The van der Waals surface area contributed by atoms with Gasteiger partial charge >= 0.3 is 0 Å². The lowest BCUT2D eigenvalue weighted by Gasteiger charge is -2.13. The van der Waals surface area contributed by atoms with E-state index in [4.69, 9.17) is 0 Å². The molecule has 1 N–H and O–H groups in total. The second-order valence-electron chi connectivity index (χ2n) is 4.55. The summed E-state index contributed by atoms with van der Waals surface area (Å²) in [6.45, 7) is 8.78. The minimum absolute atomic E-state index is 0.750. The molecule has 16 heavy (non-hydrogen) atoms. The molecule has 1 aromatic carbocycles. The van der Waals surface area contributed by atoms with Crippen molar-refractivity contribution in [3.63, 3.8) is 0 Å². The van der Waals surface area contributed by atoms with E-state index in [1.807, 2.05) is 11.8 Å². The van der Waals surface area contributed by atoms with Crippen molar-refractivity contribution in [2.24, 2.45) is 5.92 Å². The van der Waals surface area contributed by atoms with Crippen molar-refractivity contribution in [3.05, 3.63) is 34.9 Å². The zero-order valence-corrected chi connectivity index (χ0v) is 11.7. The second kappa shape index (κ2) is 6.97. The first-order valence-electron chi connectivity index (χ1n) is 5.90. The molecule has 1 nitrogen and oxygen atoms in total. The van der Waals surface area contributed by atoms with Gasteiger partial charge in [0.25, 0.3) is 0 Å². The van der Waals surface area contributed by atoms with Crippen LogP contribution in [0.25, 0.3) is 0 Å². The highest BCUT2D eigenvalue weighted by Gasteiger charge is 2.02. The van der Waals surface area contributed by atoms with Gasteiger partial charge in [-0.3, -0.25) is 0 Å². The molecular formula is C14H23NS. The molecule has 0 bridgehead atoms. The van der Waals surface area contributed by atoms with Gasteiger partial charge in [-0.1, -0.05) is 25.1 Å². The summed E-state index contributed by atoms with van der Waals surface area (Å²) in [7, 11) is 0. The van der Waals surface area contributed by atoms with E-state index < -0.39 is 0 Å². The molecule has 0 aliphatic heterocycles. The topological polar surface area (TPSA) is 12.0 Å². The first-order valence-corrected chi connectivity index (χ1v) is 7.29. The average molecular weight is 237 g/mol. The molecule has 90 valence electrons. The number of hydrogen-bond acceptors (Lipinski definition) is 2. The Labute approximate surface area is 104 Å². The highest BCUT2D eigenvalue weighted by atomic mass is 32.2. The van der Waals surface area contributed by atoms with Gasteiger partial charge in [-0.2, -0.15) is 11.8 Å². The lowest BCUT2D eigenvalue weighted by atomic mass is 10.0. The zero-order valence-electron chi connectivity index (χ0n) is 10.8. The van der Waals surface area contributed by atoms with Crippen molar-refractivity contribution in [3.8, 4) is 0 Å². The number of nitrogens with one attached hydrogen (secondary N) is 1. The van der Waals surface area contributed by atoms with E-state index in [9.17, 15) is 0 Å². The van der Waals surface area contributed by atoms with E-state index in [1.54, 1.807) is 0 Å². The van der Waals surface area contributed by atoms with Gasteiger partial charge in [-0.15, -0.1) is 0 Å². The molecule has 2 heteroatoms. The summed E-state index contributed by atoms with van der Waals surface area (Å²) in [5, 5.41) is 3.54. The molecule has 0 spiro atoms. The molecule has 0 amide bonds. The van der Waals surface area contributed by atoms with Crippen LogP contribution in [0.3, 0.4) is 0 Å². The van der Waals surface area contributed by atoms with Crippen LogP contribution in [0.4, 0.5) is 0 Å². The standard InChI is InChI=1S/C14H23NS/c1-11(10-16-4)8-15-9-14-7-5-6-12(2)13(14)3/h5-7,11,15H,8-10H2,1-4H3. The van der Waals surface area contributed by atoms with Crippen molar-refractivity contribution in [2.45, 2.75) is 27.3 Å². The highest BCUT2D eigenvalue weighted by molar-refractivity contribution is 7.98. The lowest BCUT2D eigenvalue weighted by Crippen LogP contribution is -2.22. The second-order valence-corrected chi connectivity index (χ2v) is 5.46. The van der Waals surface area contributed by atoms with E-state index in [-0.39, 0.29) is 0 Å². The number of thioether (sulfide) groups is 1. The molecule has 0 radical (unpaired) electrons. The van der Waals surface area contributed by atoms with Gasteiger partial charge in [0.15, 0.2) is 0 Å². The van der Waals surface area contributed by atoms with Crippen LogP contribution in [0, 0.1) is 19.8 Å². The number of benzene rings is 1. The van der Waals surface area contributed by atoms with Gasteiger partial charge in [0, 0.05) is 6.54 Å². The summed E-state index contributed by atoms with van der Waals surface area (Å²) < 4.78 is 0. The maximum absolute atomic E-state index is 3.54. The van der Waals surface area contributed by atoms with Crippen LogP contribution in [0.15, 0.2) is 18.2 Å². The summed E-state index contributed by atoms with van der Waals surface area (Å²) in [6.07, 6.45) is 2.17. The fourth-order valence-electron chi connectivity index (χ4n) is 1.80. The van der Waals surface area contributed by atoms with Gasteiger partial charge < -0.3 is 5.32 Å². The molecule has 0 aliphatic rings. The van der Waals surface area contributed by atoms with Gasteiger partial charge in [0.2, 0.25) is 0 Å². The molecule has 1 rings (SSSR count). The monoisotopic (exact) mass is 237 g/mol. The van der Waals surface area contributed by atoms with Gasteiger partial charge in [0.05, 0.1) is 0 Å². The molecule has 0 aliphatic carbocycles. The van der Waals surface area contributed by atoms with Crippen LogP contribution in [0.1, 0.15) is 23.6 Å². The fraction of sp³-hybridized carbons (Fsp3) is 0.571. The predicted octanol–water partition coefficient (Wildman–Crippen LogP) is 3.39. The normalized spacial score (nSPS) is 12.8. The largest absolute Gasteiger partial charge is 0.312 e. The highest BCUT2D eigenvalue weighted by Crippen LogP contribution is 2.12. The Balaban J connectivity index is 2.40. The molecule has 1 atom stereocenters. The third-order valence-corrected chi connectivity index (χ3v) is 3.88. The number of hydrogen-bond donors (Lipinski definition) is 1. The molecule has 1 unspecified atom stereocenters. The van der Waals surface area contributed by atoms with E-state index >= 15 is 0 Å². The van der Waals surface area contributed by atoms with Gasteiger partial charge in [-0.25, -0.2) is 0 Å². The molecule has 1 aromatic rings. The van der Waals surface area contributed by atoms with Gasteiger partial charge in [0.1, 0.15) is 0 Å². The molecule has 0 saturated heterocycles. The molecule has 0 saturated carbocycles. The summed E-state index contributed by atoms with van der Waals surface area (Å²) in [4.78, 5) is 0. The minimum atomic E-state index is 0.750. The molecule has 0 aromatic heterocycles. The third kappa shape index (κ3) is 4.18. The Morgan fingerprint density at radius 3 is 2.75 bits per heavy atom. The van der Waals surface area contributed by atoms with Crippen LogP contribution in [0.5, 0.6) is 0 Å². The Hall–Kier alpha value is -0.470. The van der Waals surface area contributed by atoms with Gasteiger partial charge in [-0.05, 0) is 55.0 Å². The SMILES string of the molecule is CSCC(C)CNCc1cccc(C)c1C. The van der Waals surface area contributed by atoms with Crippen molar-refractivity contribution in [1.82, 2.24) is 5.32 Å². The Bertz CT molecular complexity index is 323. The smallest absolute Gasteiger partial charge is 0.0208 e. The summed E-state index contributed by atoms with van der Waals surface area (Å²) >= 11 is 1.92. The zero-order chi connectivity index (χ0) is 12.0. The summed E-state index contributed by atoms with van der Waals surface area (Å²) in [5.74, 6) is 1.99. The van der Waals surface area contributed by atoms with Crippen molar-refractivity contribution >= 4 is 11.8 Å². The Kier molecular flexibility index (Phi) is 5.93. The minimum Gasteiger partial charge on any atom is -0.312 e. The van der Waals surface area contributed by atoms with E-state index in [0.29, 0.717) is 0 Å².